The van der Waals surface area contributed by atoms with Gasteiger partial charge in [0, 0.05) is 73.9 Å². The van der Waals surface area contributed by atoms with Crippen molar-refractivity contribution < 1.29 is 43.5 Å². The molecule has 2 aliphatic carbocycles. The Bertz CT molecular complexity index is 2730. The van der Waals surface area contributed by atoms with E-state index in [-0.39, 0.29) is 25.4 Å². The molecule has 0 spiro atoms. The number of aryl methyl sites for hydroxylation is 2. The monoisotopic (exact) mass is 976 g/mol. The summed E-state index contributed by atoms with van der Waals surface area (Å²) in [6.45, 7) is 18.4. The molecule has 70 heavy (non-hydrogen) atoms. The van der Waals surface area contributed by atoms with E-state index in [0.717, 1.165) is 65.1 Å². The second kappa shape index (κ2) is 21.9. The highest BCUT2D eigenvalue weighted by Gasteiger charge is 2.30. The van der Waals surface area contributed by atoms with Gasteiger partial charge in [-0.2, -0.15) is 14.6 Å². The molecule has 8 rings (SSSR count). The smallest absolute Gasteiger partial charge is 0.336 e. The summed E-state index contributed by atoms with van der Waals surface area (Å²) in [5.41, 5.74) is 4.81. The number of nitrogens with zero attached hydrogens (tertiary/aromatic N) is 9. The van der Waals surface area contributed by atoms with Crippen LogP contribution in [0.15, 0.2) is 61.2 Å². The zero-order valence-electron chi connectivity index (χ0n) is 41.5. The molecule has 0 atom stereocenters. The van der Waals surface area contributed by atoms with Crippen molar-refractivity contribution in [3.05, 3.63) is 72.3 Å². The first-order valence-electron chi connectivity index (χ1n) is 23.6. The van der Waals surface area contributed by atoms with Gasteiger partial charge in [-0.05, 0) is 109 Å². The number of aliphatic carboxylic acids is 2. The van der Waals surface area contributed by atoms with Crippen molar-refractivity contribution in [2.45, 2.75) is 125 Å². The fourth-order valence-corrected chi connectivity index (χ4v) is 7.42. The van der Waals surface area contributed by atoms with Crippen LogP contribution in [0.5, 0.6) is 23.8 Å². The molecule has 0 radical (unpaired) electrons. The molecule has 6 heterocycles. The van der Waals surface area contributed by atoms with E-state index in [1.165, 1.54) is 12.8 Å². The summed E-state index contributed by atoms with van der Waals surface area (Å²) >= 11 is 0. The first kappa shape index (κ1) is 51.1. The van der Waals surface area contributed by atoms with Crippen molar-refractivity contribution in [3.8, 4) is 69.1 Å². The van der Waals surface area contributed by atoms with Crippen molar-refractivity contribution in [2.24, 2.45) is 10.8 Å². The lowest BCUT2D eigenvalue weighted by Gasteiger charge is -2.25. The molecule has 0 aliphatic heterocycles. The lowest BCUT2D eigenvalue weighted by molar-refractivity contribution is -0.149. The Hall–Kier alpha value is -6.80. The first-order valence-corrected chi connectivity index (χ1v) is 27.3. The Labute approximate surface area is 408 Å². The van der Waals surface area contributed by atoms with Crippen molar-refractivity contribution in [1.29, 1.82) is 0 Å². The van der Waals surface area contributed by atoms with Crippen LogP contribution in [0.25, 0.3) is 45.3 Å². The van der Waals surface area contributed by atoms with E-state index in [2.05, 4.69) is 64.8 Å². The lowest BCUT2D eigenvalue weighted by Crippen LogP contribution is -2.30. The number of pyridine rings is 4. The number of aromatic nitrogens is 10. The molecule has 2 fully saturated rings. The van der Waals surface area contributed by atoms with Gasteiger partial charge in [-0.15, -0.1) is 10.2 Å². The number of carboxylic acid groups (broad SMARTS) is 2. The number of H-pyrrole nitrogens is 1. The van der Waals surface area contributed by atoms with E-state index < -0.39 is 30.8 Å². The zero-order valence-corrected chi connectivity index (χ0v) is 42.5. The van der Waals surface area contributed by atoms with E-state index in [9.17, 15) is 19.8 Å². The van der Waals surface area contributed by atoms with Gasteiger partial charge in [0.15, 0.2) is 5.82 Å². The minimum Gasteiger partial charge on any atom is -0.481 e. The molecule has 0 amide bonds. The maximum Gasteiger partial charge on any atom is 0.336 e. The van der Waals surface area contributed by atoms with Gasteiger partial charge in [0.05, 0.1) is 10.8 Å². The predicted octanol–water partition coefficient (Wildman–Crippen LogP) is 9.10. The van der Waals surface area contributed by atoms with Gasteiger partial charge in [-0.3, -0.25) is 24.7 Å². The molecule has 3 N–H and O–H groups in total. The highest BCUT2D eigenvalue weighted by molar-refractivity contribution is 6.76. The molecule has 0 unspecified atom stereocenters. The molecule has 0 saturated heterocycles. The van der Waals surface area contributed by atoms with Crippen molar-refractivity contribution in [3.63, 3.8) is 0 Å². The second-order valence-corrected chi connectivity index (χ2v) is 26.0. The van der Waals surface area contributed by atoms with E-state index in [1.54, 1.807) is 69.3 Å². The van der Waals surface area contributed by atoms with Gasteiger partial charge in [-0.25, -0.2) is 9.97 Å². The quantitative estimate of drug-likeness (QED) is 0.0449. The summed E-state index contributed by atoms with van der Waals surface area (Å²) < 4.78 is 30.6. The van der Waals surface area contributed by atoms with E-state index in [0.29, 0.717) is 60.2 Å². The maximum absolute atomic E-state index is 11.3. The van der Waals surface area contributed by atoms with Crippen LogP contribution >= 0.6 is 0 Å². The van der Waals surface area contributed by atoms with Crippen LogP contribution in [0.4, 0.5) is 0 Å². The van der Waals surface area contributed by atoms with Crippen LogP contribution in [-0.2, 0) is 21.1 Å². The average Bonchev–Trinajstić information content (AvgIpc) is 3.94. The third-order valence-electron chi connectivity index (χ3n) is 12.1. The first-order chi connectivity index (χ1) is 33.2. The number of aromatic amines is 1. The molecule has 19 nitrogen and oxygen atoms in total. The highest BCUT2D eigenvalue weighted by atomic mass is 28.3. The summed E-state index contributed by atoms with van der Waals surface area (Å²) in [5, 5.41) is 30.1. The number of nitrogens with one attached hydrogen (secondary N) is 1. The molecule has 6 aromatic heterocycles. The largest absolute Gasteiger partial charge is 0.481 e. The summed E-state index contributed by atoms with van der Waals surface area (Å²) in [4.78, 5) is 49.3. The van der Waals surface area contributed by atoms with E-state index >= 15 is 0 Å². The Morgan fingerprint density at radius 3 is 1.71 bits per heavy atom. The van der Waals surface area contributed by atoms with Gasteiger partial charge in [0.25, 0.3) is 0 Å². The molecular weight excluding hydrogens is 913 g/mol. The van der Waals surface area contributed by atoms with Crippen LogP contribution in [0.3, 0.4) is 0 Å². The number of hydrogen-bond acceptors (Lipinski definition) is 15. The molecule has 2 saturated carbocycles. The van der Waals surface area contributed by atoms with Crippen LogP contribution in [-0.4, -0.2) is 112 Å². The number of carbonyl (C=O) groups is 2. The third kappa shape index (κ3) is 13.5. The van der Waals surface area contributed by atoms with Crippen LogP contribution in [0, 0.1) is 24.7 Å². The molecule has 6 aromatic rings. The van der Waals surface area contributed by atoms with Gasteiger partial charge in [0.2, 0.25) is 17.6 Å². The summed E-state index contributed by atoms with van der Waals surface area (Å²) in [6.07, 6.45) is 13.8. The van der Waals surface area contributed by atoms with E-state index in [4.69, 9.17) is 23.7 Å². The van der Waals surface area contributed by atoms with Crippen molar-refractivity contribution in [2.75, 3.05) is 19.8 Å². The van der Waals surface area contributed by atoms with Crippen LogP contribution in [0.1, 0.15) is 77.3 Å². The van der Waals surface area contributed by atoms with Gasteiger partial charge >= 0.3 is 24.0 Å². The Morgan fingerprint density at radius 2 is 1.26 bits per heavy atom. The highest BCUT2D eigenvalue weighted by Crippen LogP contribution is 2.31. The SMILES string of the molecule is Cc1cc(OCC(C)(C)C(=O)O)ncc1-c1ccc(-c2nc(OC3CCC3)n(COCC[Si](C)(C)C)n2)nc1.Cc1cc(OCC(C)(C)C(=O)O)ncc1-c1ccc(-c2nc(OC3CCC3)n[nH]2)nc1. The molecule has 0 bridgehead atoms. The minimum atomic E-state index is -1.18. The maximum atomic E-state index is 11.3. The summed E-state index contributed by atoms with van der Waals surface area (Å²) in [5.74, 6) is -0.0142. The number of ether oxygens (including phenoxy) is 5. The Kier molecular flexibility index (Phi) is 16.0. The topological polar surface area (TPSA) is 245 Å². The molecule has 372 valence electrons. The van der Waals surface area contributed by atoms with Gasteiger partial charge < -0.3 is 33.9 Å². The number of rotatable bonds is 21. The third-order valence-corrected chi connectivity index (χ3v) is 13.8. The fourth-order valence-electron chi connectivity index (χ4n) is 6.66. The van der Waals surface area contributed by atoms with Crippen LogP contribution < -0.4 is 18.9 Å². The Balaban J connectivity index is 0.000000212. The number of carboxylic acids is 2. The lowest BCUT2D eigenvalue weighted by atomic mass is 9.95. The van der Waals surface area contributed by atoms with Crippen molar-refractivity contribution >= 4 is 20.0 Å². The molecule has 0 aromatic carbocycles. The number of hydrogen-bond donors (Lipinski definition) is 3. The second-order valence-electron chi connectivity index (χ2n) is 20.4. The Morgan fingerprint density at radius 1 is 0.729 bits per heavy atom. The fraction of sp³-hybridized carbons (Fsp3) is 0.480. The normalized spacial score (nSPS) is 14.2. The van der Waals surface area contributed by atoms with Gasteiger partial charge in [0.1, 0.15) is 43.5 Å². The standard InChI is InChI=1S/C28H39N5O5Si.C22H25N5O4/c1-19-14-24(37-17-28(2,3)26(34)35)30-16-22(19)20-10-11-23(29-15-20)25-31-27(38-21-8-7-9-21)33(32-25)18-36-12-13-39(4,5)6;1-13-9-18(30-12-22(2,3)20(28)29)24-11-16(13)14-7-8-17(23-10-14)19-25-21(27-26-19)31-15-5-4-6-15/h10-11,14-16,21H,7-9,12-13,17-18H2,1-6H3,(H,34,35);7-11,15H,4-6,12H2,1-3H3,(H,28,29)(H,25,26,27). The summed E-state index contributed by atoms with van der Waals surface area (Å²) in [7, 11) is -1.18. The van der Waals surface area contributed by atoms with Crippen molar-refractivity contribution in [1.82, 2.24) is 49.9 Å². The predicted molar refractivity (Wildman–Crippen MR) is 263 cm³/mol. The minimum absolute atomic E-state index is 0.0276. The van der Waals surface area contributed by atoms with Gasteiger partial charge in [-0.1, -0.05) is 31.8 Å². The van der Waals surface area contributed by atoms with Crippen LogP contribution in [0.2, 0.25) is 25.7 Å². The molecular formula is C50H64N10O9Si. The summed E-state index contributed by atoms with van der Waals surface area (Å²) in [6, 6.07) is 13.1. The zero-order chi connectivity index (χ0) is 50.2. The average molecular weight is 977 g/mol. The molecule has 20 heteroatoms. The van der Waals surface area contributed by atoms with E-state index in [1.807, 2.05) is 38.1 Å². The molecule has 2 aliphatic rings.